The number of amides is 1. The maximum atomic E-state index is 11.8. The molecule has 2 aromatic rings. The maximum Gasteiger partial charge on any atom is 0.320 e. The highest BCUT2D eigenvalue weighted by Crippen LogP contribution is 2.18. The van der Waals surface area contributed by atoms with E-state index in [9.17, 15) is 14.4 Å². The highest BCUT2D eigenvalue weighted by molar-refractivity contribution is 5.84. The van der Waals surface area contributed by atoms with Gasteiger partial charge in [0.25, 0.3) is 0 Å². The Labute approximate surface area is 132 Å². The first-order valence-corrected chi connectivity index (χ1v) is 7.29. The van der Waals surface area contributed by atoms with Gasteiger partial charge in [0, 0.05) is 29.9 Å². The molecule has 1 amide bonds. The second-order valence-electron chi connectivity index (χ2n) is 5.36. The van der Waals surface area contributed by atoms with Gasteiger partial charge in [-0.1, -0.05) is 18.2 Å². The molecule has 23 heavy (non-hydrogen) atoms. The number of nitrogens with one attached hydrogen (secondary N) is 2. The van der Waals surface area contributed by atoms with E-state index in [1.807, 2.05) is 30.5 Å². The Morgan fingerprint density at radius 2 is 2.09 bits per heavy atom. The number of aliphatic carboxylic acids is 1. The average molecular weight is 317 g/mol. The van der Waals surface area contributed by atoms with Crippen molar-refractivity contribution in [1.82, 2.24) is 10.3 Å². The highest BCUT2D eigenvalue weighted by atomic mass is 16.4. The summed E-state index contributed by atoms with van der Waals surface area (Å²) in [5, 5.41) is 12.3. The lowest BCUT2D eigenvalue weighted by molar-refractivity contribution is -0.138. The molecule has 0 aliphatic rings. The van der Waals surface area contributed by atoms with Crippen LogP contribution in [0.1, 0.15) is 18.4 Å². The van der Waals surface area contributed by atoms with Crippen LogP contribution in [0.3, 0.4) is 0 Å². The number of carboxylic acid groups (broad SMARTS) is 1. The van der Waals surface area contributed by atoms with Gasteiger partial charge in [0.15, 0.2) is 0 Å². The molecule has 7 nitrogen and oxygen atoms in total. The molecule has 0 bridgehead atoms. The van der Waals surface area contributed by atoms with Crippen molar-refractivity contribution in [2.24, 2.45) is 5.73 Å². The third kappa shape index (κ3) is 4.40. The molecule has 0 saturated carbocycles. The van der Waals surface area contributed by atoms with Crippen LogP contribution in [0, 0.1) is 0 Å². The zero-order valence-corrected chi connectivity index (χ0v) is 12.5. The number of aldehydes is 1. The van der Waals surface area contributed by atoms with Crippen LogP contribution in [-0.4, -0.2) is 40.3 Å². The van der Waals surface area contributed by atoms with Crippen LogP contribution >= 0.6 is 0 Å². The van der Waals surface area contributed by atoms with Gasteiger partial charge in [0.05, 0.1) is 6.04 Å². The predicted molar refractivity (Wildman–Crippen MR) is 84.8 cm³/mol. The van der Waals surface area contributed by atoms with E-state index in [0.29, 0.717) is 12.7 Å². The second kappa shape index (κ2) is 7.55. The molecule has 0 fully saturated rings. The molecule has 5 N–H and O–H groups in total. The zero-order valence-electron chi connectivity index (χ0n) is 12.5. The summed E-state index contributed by atoms with van der Waals surface area (Å²) < 4.78 is 0. The molecule has 7 heteroatoms. The molecule has 0 spiro atoms. The van der Waals surface area contributed by atoms with Crippen molar-refractivity contribution in [2.45, 2.75) is 31.3 Å². The van der Waals surface area contributed by atoms with E-state index >= 15 is 0 Å². The number of aromatic nitrogens is 1. The summed E-state index contributed by atoms with van der Waals surface area (Å²) in [5.41, 5.74) is 7.24. The summed E-state index contributed by atoms with van der Waals surface area (Å²) >= 11 is 0. The third-order valence-corrected chi connectivity index (χ3v) is 3.62. The normalized spacial score (nSPS) is 13.4. The smallest absolute Gasteiger partial charge is 0.320 e. The second-order valence-corrected chi connectivity index (χ2v) is 5.36. The topological polar surface area (TPSA) is 125 Å². The number of rotatable bonds is 8. The van der Waals surface area contributed by atoms with E-state index in [4.69, 9.17) is 10.8 Å². The number of carboxylic acids is 1. The fraction of sp³-hybridized carbons (Fsp3) is 0.312. The first-order valence-electron chi connectivity index (χ1n) is 7.29. The van der Waals surface area contributed by atoms with E-state index in [1.54, 1.807) is 0 Å². The van der Waals surface area contributed by atoms with Gasteiger partial charge in [-0.05, 0) is 18.1 Å². The lowest BCUT2D eigenvalue weighted by Gasteiger charge is -2.13. The van der Waals surface area contributed by atoms with Crippen molar-refractivity contribution in [2.75, 3.05) is 0 Å². The minimum Gasteiger partial charge on any atom is -0.480 e. The molecule has 0 aliphatic carbocycles. The Balaban J connectivity index is 1.94. The van der Waals surface area contributed by atoms with E-state index in [1.165, 1.54) is 0 Å². The molecular formula is C16H19N3O4. The summed E-state index contributed by atoms with van der Waals surface area (Å²) in [5.74, 6) is -1.54. The average Bonchev–Trinajstić information content (AvgIpc) is 2.95. The van der Waals surface area contributed by atoms with E-state index in [0.717, 1.165) is 16.5 Å². The monoisotopic (exact) mass is 317 g/mol. The summed E-state index contributed by atoms with van der Waals surface area (Å²) in [7, 11) is 0. The van der Waals surface area contributed by atoms with Crippen molar-refractivity contribution >= 4 is 29.1 Å². The van der Waals surface area contributed by atoms with Gasteiger partial charge >= 0.3 is 5.97 Å². The number of H-pyrrole nitrogens is 1. The first kappa shape index (κ1) is 16.7. The Hall–Kier alpha value is -2.67. The summed E-state index contributed by atoms with van der Waals surface area (Å²) in [4.78, 5) is 36.7. The lowest BCUT2D eigenvalue weighted by atomic mass is 10.1. The van der Waals surface area contributed by atoms with Crippen molar-refractivity contribution < 1.29 is 19.5 Å². The molecule has 1 heterocycles. The van der Waals surface area contributed by atoms with Crippen LogP contribution in [0.4, 0.5) is 0 Å². The summed E-state index contributed by atoms with van der Waals surface area (Å²) in [6, 6.07) is 5.94. The van der Waals surface area contributed by atoms with Gasteiger partial charge in [-0.15, -0.1) is 0 Å². The Kier molecular flexibility index (Phi) is 5.48. The van der Waals surface area contributed by atoms with E-state index in [-0.39, 0.29) is 12.8 Å². The molecule has 0 saturated heterocycles. The number of hydrogen-bond acceptors (Lipinski definition) is 4. The number of fused-ring (bicyclic) bond motifs is 1. The predicted octanol–water partition coefficient (Wildman–Crippen LogP) is 0.586. The quantitative estimate of drug-likeness (QED) is 0.530. The van der Waals surface area contributed by atoms with Crippen molar-refractivity contribution in [3.8, 4) is 0 Å². The number of para-hydroxylation sites is 1. The fourth-order valence-corrected chi connectivity index (χ4v) is 2.36. The minimum absolute atomic E-state index is 0.0276. The maximum absolute atomic E-state index is 11.8. The minimum atomic E-state index is -1.15. The SMILES string of the molecule is NC(CCC(=O)NC(C=O)Cc1c[nH]c2ccccc12)C(=O)O. The van der Waals surface area contributed by atoms with Crippen LogP contribution in [0.25, 0.3) is 10.9 Å². The molecule has 2 atom stereocenters. The number of nitrogens with two attached hydrogens (primary N) is 1. The van der Waals surface area contributed by atoms with Gasteiger partial charge in [-0.3, -0.25) is 9.59 Å². The van der Waals surface area contributed by atoms with Crippen LogP contribution in [0.2, 0.25) is 0 Å². The molecule has 2 unspecified atom stereocenters. The largest absolute Gasteiger partial charge is 0.480 e. The zero-order chi connectivity index (χ0) is 16.8. The molecule has 1 aromatic heterocycles. The molecule has 0 aliphatic heterocycles. The molecule has 2 rings (SSSR count). The highest BCUT2D eigenvalue weighted by Gasteiger charge is 2.17. The number of carbonyl (C=O) groups excluding carboxylic acids is 2. The molecule has 0 radical (unpaired) electrons. The van der Waals surface area contributed by atoms with Gasteiger partial charge < -0.3 is 25.9 Å². The van der Waals surface area contributed by atoms with Crippen LogP contribution in [0.15, 0.2) is 30.5 Å². The van der Waals surface area contributed by atoms with E-state index < -0.39 is 24.0 Å². The third-order valence-electron chi connectivity index (χ3n) is 3.62. The summed E-state index contributed by atoms with van der Waals surface area (Å²) in [6.07, 6.45) is 2.85. The Bertz CT molecular complexity index is 710. The molecule has 1 aromatic carbocycles. The van der Waals surface area contributed by atoms with Crippen LogP contribution < -0.4 is 11.1 Å². The number of carbonyl (C=O) groups is 3. The van der Waals surface area contributed by atoms with Crippen molar-refractivity contribution in [3.63, 3.8) is 0 Å². The van der Waals surface area contributed by atoms with Crippen LogP contribution in [-0.2, 0) is 20.8 Å². The van der Waals surface area contributed by atoms with Gasteiger partial charge in [-0.25, -0.2) is 0 Å². The van der Waals surface area contributed by atoms with Gasteiger partial charge in [0.1, 0.15) is 12.3 Å². The van der Waals surface area contributed by atoms with Crippen molar-refractivity contribution in [3.05, 3.63) is 36.0 Å². The lowest BCUT2D eigenvalue weighted by Crippen LogP contribution is -2.39. The fourth-order valence-electron chi connectivity index (χ4n) is 2.36. The first-order chi connectivity index (χ1) is 11.0. The number of hydrogen-bond donors (Lipinski definition) is 4. The Morgan fingerprint density at radius 1 is 1.35 bits per heavy atom. The number of aromatic amines is 1. The van der Waals surface area contributed by atoms with E-state index in [2.05, 4.69) is 10.3 Å². The van der Waals surface area contributed by atoms with Gasteiger partial charge in [-0.2, -0.15) is 0 Å². The summed E-state index contributed by atoms with van der Waals surface area (Å²) in [6.45, 7) is 0. The van der Waals surface area contributed by atoms with Crippen LogP contribution in [0.5, 0.6) is 0 Å². The molecule has 122 valence electrons. The molecular weight excluding hydrogens is 298 g/mol. The van der Waals surface area contributed by atoms with Crippen molar-refractivity contribution in [1.29, 1.82) is 0 Å². The Morgan fingerprint density at radius 3 is 2.78 bits per heavy atom. The number of benzene rings is 1. The van der Waals surface area contributed by atoms with Gasteiger partial charge in [0.2, 0.25) is 5.91 Å². The standard InChI is InChI=1S/C16H19N3O4/c17-13(16(22)23)5-6-15(21)19-11(9-20)7-10-8-18-14-4-2-1-3-12(10)14/h1-4,8-9,11,13,18H,5-7,17H2,(H,19,21)(H,22,23).